The highest BCUT2D eigenvalue weighted by Gasteiger charge is 2.40. The summed E-state index contributed by atoms with van der Waals surface area (Å²) in [5, 5.41) is 14.8. The maximum atomic E-state index is 12.5. The highest BCUT2D eigenvalue weighted by molar-refractivity contribution is 6.06. The van der Waals surface area contributed by atoms with Crippen LogP contribution in [0.25, 0.3) is 0 Å². The average Bonchev–Trinajstić information content (AvgIpc) is 2.49. The molecular formula is C14H22N4O2. The molecule has 1 aromatic rings. The maximum Gasteiger partial charge on any atom is 0.234 e. The molecule has 0 saturated carbocycles. The van der Waals surface area contributed by atoms with Gasteiger partial charge in [-0.1, -0.05) is 25.1 Å². The molecule has 1 rings (SSSR count). The molecule has 0 aliphatic rings. The predicted octanol–water partition coefficient (Wildman–Crippen LogP) is 1.81. The Morgan fingerprint density at radius 1 is 1.55 bits per heavy atom. The summed E-state index contributed by atoms with van der Waals surface area (Å²) < 4.78 is 0. The molecule has 0 spiro atoms. The maximum absolute atomic E-state index is 12.5. The molecule has 1 heterocycles. The number of nitrogens with one attached hydrogen (secondary N) is 1. The number of carbonyl (C=O) groups excluding carboxylic acids is 1. The zero-order valence-electron chi connectivity index (χ0n) is 12.1. The molecule has 0 saturated heterocycles. The van der Waals surface area contributed by atoms with Crippen LogP contribution in [0, 0.1) is 5.41 Å². The Bertz CT molecular complexity index is 469. The molecule has 1 amide bonds. The van der Waals surface area contributed by atoms with E-state index in [-0.39, 0.29) is 17.8 Å². The van der Waals surface area contributed by atoms with Crippen LogP contribution in [0.1, 0.15) is 45.2 Å². The first-order valence-electron chi connectivity index (χ1n) is 6.70. The number of oxime groups is 1. The molecule has 1 unspecified atom stereocenters. The largest absolute Gasteiger partial charge is 0.409 e. The number of hydrogen-bond acceptors (Lipinski definition) is 4. The van der Waals surface area contributed by atoms with E-state index < -0.39 is 5.41 Å². The van der Waals surface area contributed by atoms with Crippen LogP contribution in [-0.2, 0) is 4.79 Å². The zero-order chi connectivity index (χ0) is 15.2. The van der Waals surface area contributed by atoms with Crippen LogP contribution in [0.2, 0.25) is 0 Å². The molecule has 6 nitrogen and oxygen atoms in total. The van der Waals surface area contributed by atoms with Gasteiger partial charge in [-0.15, -0.1) is 0 Å². The van der Waals surface area contributed by atoms with E-state index in [1.807, 2.05) is 32.9 Å². The number of hydrogen-bond donors (Lipinski definition) is 3. The lowest BCUT2D eigenvalue weighted by atomic mass is 9.80. The molecular weight excluding hydrogens is 256 g/mol. The van der Waals surface area contributed by atoms with Gasteiger partial charge in [-0.05, 0) is 31.4 Å². The predicted molar refractivity (Wildman–Crippen MR) is 77.2 cm³/mol. The van der Waals surface area contributed by atoms with Gasteiger partial charge in [0.25, 0.3) is 0 Å². The Morgan fingerprint density at radius 3 is 2.65 bits per heavy atom. The molecule has 4 N–H and O–H groups in total. The number of nitrogens with zero attached hydrogens (tertiary/aromatic N) is 2. The second kappa shape index (κ2) is 6.88. The second-order valence-corrected chi connectivity index (χ2v) is 4.76. The van der Waals surface area contributed by atoms with E-state index in [9.17, 15) is 4.79 Å². The summed E-state index contributed by atoms with van der Waals surface area (Å²) in [4.78, 5) is 16.5. The average molecular weight is 278 g/mol. The van der Waals surface area contributed by atoms with Crippen molar-refractivity contribution in [2.75, 3.05) is 0 Å². The highest BCUT2D eigenvalue weighted by Crippen LogP contribution is 2.28. The lowest BCUT2D eigenvalue weighted by Gasteiger charge is -2.30. The van der Waals surface area contributed by atoms with Gasteiger partial charge in [0.05, 0.1) is 6.04 Å². The minimum atomic E-state index is -0.981. The van der Waals surface area contributed by atoms with Crippen molar-refractivity contribution in [1.29, 1.82) is 0 Å². The van der Waals surface area contributed by atoms with Crippen molar-refractivity contribution in [3.05, 3.63) is 30.1 Å². The summed E-state index contributed by atoms with van der Waals surface area (Å²) in [7, 11) is 0. The molecule has 0 bridgehead atoms. The van der Waals surface area contributed by atoms with E-state index in [1.165, 1.54) is 0 Å². The molecule has 0 aromatic carbocycles. The summed E-state index contributed by atoms with van der Waals surface area (Å²) in [5.74, 6) is -0.299. The van der Waals surface area contributed by atoms with E-state index in [0.717, 1.165) is 5.56 Å². The van der Waals surface area contributed by atoms with Crippen molar-refractivity contribution in [3.8, 4) is 0 Å². The normalized spacial score (nSPS) is 13.8. The summed E-state index contributed by atoms with van der Waals surface area (Å²) >= 11 is 0. The van der Waals surface area contributed by atoms with E-state index >= 15 is 0 Å². The Kier molecular flexibility index (Phi) is 5.49. The quantitative estimate of drug-likeness (QED) is 0.320. The van der Waals surface area contributed by atoms with Crippen molar-refractivity contribution in [2.45, 2.75) is 39.7 Å². The molecule has 6 heteroatoms. The molecule has 110 valence electrons. The monoisotopic (exact) mass is 278 g/mol. The minimum absolute atomic E-state index is 0.0570. The van der Waals surface area contributed by atoms with Crippen LogP contribution in [0.5, 0.6) is 0 Å². The lowest BCUT2D eigenvalue weighted by molar-refractivity contribution is -0.128. The molecule has 0 fully saturated rings. The van der Waals surface area contributed by atoms with E-state index in [0.29, 0.717) is 12.8 Å². The Morgan fingerprint density at radius 2 is 2.20 bits per heavy atom. The third-order valence-corrected chi connectivity index (χ3v) is 3.77. The topological polar surface area (TPSA) is 101 Å². The number of rotatable bonds is 6. The third kappa shape index (κ3) is 3.07. The van der Waals surface area contributed by atoms with Gasteiger partial charge in [-0.3, -0.25) is 9.78 Å². The summed E-state index contributed by atoms with van der Waals surface area (Å²) in [6.07, 6.45) is 4.31. The van der Waals surface area contributed by atoms with Crippen molar-refractivity contribution in [3.63, 3.8) is 0 Å². The molecule has 1 aromatic heterocycles. The number of nitrogens with two attached hydrogens (primary N) is 1. The number of amidine groups is 1. The van der Waals surface area contributed by atoms with Gasteiger partial charge >= 0.3 is 0 Å². The Labute approximate surface area is 119 Å². The van der Waals surface area contributed by atoms with E-state index in [1.54, 1.807) is 12.4 Å². The fraction of sp³-hybridized carbons (Fsp3) is 0.500. The molecule has 0 radical (unpaired) electrons. The first kappa shape index (κ1) is 15.9. The zero-order valence-corrected chi connectivity index (χ0v) is 12.1. The van der Waals surface area contributed by atoms with Crippen LogP contribution in [0.3, 0.4) is 0 Å². The standard InChI is InChI=1S/C14H22N4O2/c1-4-14(5-2,12(15)18-20)13(19)17-10(3)11-7-6-8-16-9-11/h6-10,20H,4-5H2,1-3H3,(H2,15,18)(H,17,19). The van der Waals surface area contributed by atoms with Gasteiger partial charge in [0, 0.05) is 12.4 Å². The first-order valence-corrected chi connectivity index (χ1v) is 6.70. The van der Waals surface area contributed by atoms with Gasteiger partial charge in [0.15, 0.2) is 5.84 Å². The lowest BCUT2D eigenvalue weighted by Crippen LogP contribution is -2.49. The van der Waals surface area contributed by atoms with Gasteiger partial charge < -0.3 is 16.3 Å². The molecule has 1 atom stereocenters. The van der Waals surface area contributed by atoms with Gasteiger partial charge in [-0.2, -0.15) is 0 Å². The first-order chi connectivity index (χ1) is 9.51. The van der Waals surface area contributed by atoms with Gasteiger partial charge in [0.1, 0.15) is 5.41 Å². The summed E-state index contributed by atoms with van der Waals surface area (Å²) in [6, 6.07) is 3.51. The fourth-order valence-corrected chi connectivity index (χ4v) is 2.20. The van der Waals surface area contributed by atoms with Gasteiger partial charge in [0.2, 0.25) is 5.91 Å². The van der Waals surface area contributed by atoms with Crippen LogP contribution >= 0.6 is 0 Å². The Hall–Kier alpha value is -2.11. The summed E-state index contributed by atoms with van der Waals surface area (Å²) in [5.41, 5.74) is 5.64. The number of pyridine rings is 1. The van der Waals surface area contributed by atoms with Crippen molar-refractivity contribution in [2.24, 2.45) is 16.3 Å². The fourth-order valence-electron chi connectivity index (χ4n) is 2.20. The SMILES string of the molecule is CCC(CC)(C(=O)NC(C)c1cccnc1)C(N)=NO. The van der Waals surface area contributed by atoms with E-state index in [2.05, 4.69) is 15.5 Å². The van der Waals surface area contributed by atoms with E-state index in [4.69, 9.17) is 10.9 Å². The van der Waals surface area contributed by atoms with Crippen LogP contribution in [0.15, 0.2) is 29.7 Å². The van der Waals surface area contributed by atoms with Crippen LogP contribution < -0.4 is 11.1 Å². The smallest absolute Gasteiger partial charge is 0.234 e. The summed E-state index contributed by atoms with van der Waals surface area (Å²) in [6.45, 7) is 5.56. The number of aromatic nitrogens is 1. The number of amides is 1. The molecule has 0 aliphatic carbocycles. The van der Waals surface area contributed by atoms with Crippen LogP contribution in [-0.4, -0.2) is 21.9 Å². The Balaban J connectivity index is 2.93. The second-order valence-electron chi connectivity index (χ2n) is 4.76. The van der Waals surface area contributed by atoms with Crippen molar-refractivity contribution >= 4 is 11.7 Å². The van der Waals surface area contributed by atoms with Crippen molar-refractivity contribution in [1.82, 2.24) is 10.3 Å². The highest BCUT2D eigenvalue weighted by atomic mass is 16.4. The van der Waals surface area contributed by atoms with Crippen LogP contribution in [0.4, 0.5) is 0 Å². The third-order valence-electron chi connectivity index (χ3n) is 3.77. The molecule has 20 heavy (non-hydrogen) atoms. The molecule has 0 aliphatic heterocycles. The van der Waals surface area contributed by atoms with Gasteiger partial charge in [-0.25, -0.2) is 0 Å². The van der Waals surface area contributed by atoms with Crippen molar-refractivity contribution < 1.29 is 10.0 Å². The minimum Gasteiger partial charge on any atom is -0.409 e. The number of carbonyl (C=O) groups is 1.